The van der Waals surface area contributed by atoms with Crippen molar-refractivity contribution in [2.45, 2.75) is 35.9 Å². The highest BCUT2D eigenvalue weighted by Gasteiger charge is 2.41. The molecule has 9 nitrogen and oxygen atoms in total. The third kappa shape index (κ3) is 6.58. The number of hydrogen-bond acceptors (Lipinski definition) is 8. The molecule has 1 fully saturated rings. The summed E-state index contributed by atoms with van der Waals surface area (Å²) in [6, 6.07) is 9.37. The Kier molecular flexibility index (Phi) is 9.68. The first-order valence-electron chi connectivity index (χ1n) is 13.5. The Hall–Kier alpha value is -4.43. The summed E-state index contributed by atoms with van der Waals surface area (Å²) in [4.78, 5) is 16.4. The number of carbonyl (C=O) groups excluding carboxylic acids is 1. The van der Waals surface area contributed by atoms with E-state index in [0.29, 0.717) is 11.6 Å². The largest absolute Gasteiger partial charge is 0.382 e. The Labute approximate surface area is 261 Å². The van der Waals surface area contributed by atoms with Crippen LogP contribution in [0.2, 0.25) is 0 Å². The number of hydrogen-bond donors (Lipinski definition) is 2. The molecule has 1 saturated heterocycles. The van der Waals surface area contributed by atoms with Crippen molar-refractivity contribution in [3.63, 3.8) is 0 Å². The fourth-order valence-electron chi connectivity index (χ4n) is 4.81. The van der Waals surface area contributed by atoms with Gasteiger partial charge in [0.05, 0.1) is 25.0 Å². The number of nitrogens with one attached hydrogen (secondary N) is 1. The van der Waals surface area contributed by atoms with Crippen LogP contribution in [0.25, 0.3) is 0 Å². The lowest BCUT2D eigenvalue weighted by atomic mass is 9.90. The summed E-state index contributed by atoms with van der Waals surface area (Å²) in [7, 11) is 0. The normalized spacial score (nSPS) is 18.4. The van der Waals surface area contributed by atoms with Crippen molar-refractivity contribution in [2.24, 2.45) is 0 Å². The van der Waals surface area contributed by atoms with Crippen molar-refractivity contribution >= 4 is 23.4 Å². The summed E-state index contributed by atoms with van der Waals surface area (Å²) in [5, 5.41) is 25.2. The SMILES string of the molecule is CC(SC1COC(c2ccc(C(=O)Nc3c(F)c(F)c(C#N)c(F)c3F)cc2)OC1)C(O)(Cn1cncn1)c1ccc(F)cc1F. The molecule has 1 aliphatic rings. The van der Waals surface area contributed by atoms with Crippen molar-refractivity contribution in [1.82, 2.24) is 14.8 Å². The average molecular weight is 664 g/mol. The van der Waals surface area contributed by atoms with Crippen molar-refractivity contribution < 1.29 is 45.7 Å². The Morgan fingerprint density at radius 3 is 2.30 bits per heavy atom. The van der Waals surface area contributed by atoms with Crippen LogP contribution in [0.3, 0.4) is 0 Å². The molecule has 0 radical (unpaired) electrons. The number of thioether (sulfide) groups is 1. The summed E-state index contributed by atoms with van der Waals surface area (Å²) in [6.45, 7) is 1.79. The van der Waals surface area contributed by atoms with E-state index in [0.717, 1.165) is 12.1 Å². The number of anilines is 1. The predicted molar refractivity (Wildman–Crippen MR) is 151 cm³/mol. The molecule has 0 spiro atoms. The predicted octanol–water partition coefficient (Wildman–Crippen LogP) is 5.36. The van der Waals surface area contributed by atoms with Gasteiger partial charge in [0, 0.05) is 28.0 Å². The van der Waals surface area contributed by atoms with E-state index in [1.54, 1.807) is 12.2 Å². The molecule has 2 heterocycles. The maximum Gasteiger partial charge on any atom is 0.255 e. The van der Waals surface area contributed by atoms with Gasteiger partial charge in [0.2, 0.25) is 0 Å². The van der Waals surface area contributed by atoms with E-state index in [2.05, 4.69) is 10.1 Å². The van der Waals surface area contributed by atoms with E-state index in [1.165, 1.54) is 59.4 Å². The number of amides is 1. The van der Waals surface area contributed by atoms with Crippen LogP contribution in [-0.2, 0) is 21.6 Å². The smallest absolute Gasteiger partial charge is 0.255 e. The lowest BCUT2D eigenvalue weighted by Crippen LogP contribution is -2.43. The number of aliphatic hydroxyl groups is 1. The van der Waals surface area contributed by atoms with Gasteiger partial charge in [-0.25, -0.2) is 36.0 Å². The van der Waals surface area contributed by atoms with E-state index in [-0.39, 0.29) is 36.1 Å². The molecule has 4 aromatic rings. The first-order valence-corrected chi connectivity index (χ1v) is 14.4. The highest BCUT2D eigenvalue weighted by atomic mass is 32.2. The molecule has 2 N–H and O–H groups in total. The maximum absolute atomic E-state index is 14.8. The second-order valence-electron chi connectivity index (χ2n) is 10.2. The number of nitriles is 1. The van der Waals surface area contributed by atoms with Crippen LogP contribution >= 0.6 is 11.8 Å². The van der Waals surface area contributed by atoms with Gasteiger partial charge in [0.1, 0.15) is 47.2 Å². The van der Waals surface area contributed by atoms with Crippen LogP contribution in [-0.4, -0.2) is 49.5 Å². The first kappa shape index (κ1) is 32.9. The quantitative estimate of drug-likeness (QED) is 0.181. The maximum atomic E-state index is 14.8. The van der Waals surface area contributed by atoms with Gasteiger partial charge in [0.25, 0.3) is 5.91 Å². The van der Waals surface area contributed by atoms with Crippen molar-refractivity contribution in [2.75, 3.05) is 18.5 Å². The molecule has 1 aromatic heterocycles. The van der Waals surface area contributed by atoms with Crippen molar-refractivity contribution in [3.8, 4) is 6.07 Å². The minimum Gasteiger partial charge on any atom is -0.382 e. The molecule has 0 bridgehead atoms. The second-order valence-corrected chi connectivity index (χ2v) is 11.9. The van der Waals surface area contributed by atoms with Gasteiger partial charge >= 0.3 is 0 Å². The summed E-state index contributed by atoms with van der Waals surface area (Å²) in [5.74, 6) is -10.5. The monoisotopic (exact) mass is 663 g/mol. The molecule has 2 atom stereocenters. The fraction of sp³-hybridized carbons (Fsp3) is 0.267. The average Bonchev–Trinajstić information content (AvgIpc) is 3.55. The van der Waals surface area contributed by atoms with Crippen molar-refractivity contribution in [3.05, 3.63) is 112 Å². The topological polar surface area (TPSA) is 122 Å². The Morgan fingerprint density at radius 2 is 1.74 bits per heavy atom. The number of halogens is 6. The number of benzene rings is 3. The van der Waals surface area contributed by atoms with Gasteiger partial charge in [-0.05, 0) is 18.2 Å². The third-order valence-electron chi connectivity index (χ3n) is 7.26. The van der Waals surface area contributed by atoms with Gasteiger partial charge in [-0.1, -0.05) is 25.1 Å². The molecule has 240 valence electrons. The third-order valence-corrected chi connectivity index (χ3v) is 8.72. The highest BCUT2D eigenvalue weighted by Crippen LogP contribution is 2.39. The molecule has 3 aromatic carbocycles. The van der Waals surface area contributed by atoms with Crippen LogP contribution in [0.4, 0.5) is 32.0 Å². The van der Waals surface area contributed by atoms with E-state index in [1.807, 2.05) is 0 Å². The van der Waals surface area contributed by atoms with E-state index >= 15 is 0 Å². The Balaban J connectivity index is 1.22. The van der Waals surface area contributed by atoms with Crippen LogP contribution < -0.4 is 5.32 Å². The molecule has 2 unspecified atom stereocenters. The van der Waals surface area contributed by atoms with Crippen molar-refractivity contribution in [1.29, 1.82) is 5.26 Å². The van der Waals surface area contributed by atoms with E-state index in [9.17, 15) is 36.2 Å². The molecule has 46 heavy (non-hydrogen) atoms. The van der Waals surface area contributed by atoms with Crippen LogP contribution in [0.5, 0.6) is 0 Å². The summed E-state index contributed by atoms with van der Waals surface area (Å²) in [5.41, 5.74) is -4.43. The standard InChI is InChI=1S/C30H23F6N5O4S/c1-15(30(43,12-41-14-38-13-39-41)21-7-6-18(31)8-22(21)32)46-19-10-44-29(45-11-19)17-4-2-16(3-5-17)28(42)40-27-25(35)23(33)20(9-37)24(34)26(27)36/h2-8,13-15,19,29,43H,10-12H2,1H3,(H,40,42). The molecular formula is C30H23F6N5O4S. The fourth-order valence-corrected chi connectivity index (χ4v) is 6.13. The van der Waals surface area contributed by atoms with Gasteiger partial charge < -0.3 is 19.9 Å². The molecule has 1 aliphatic heterocycles. The minimum absolute atomic E-state index is 0.120. The van der Waals surface area contributed by atoms with Crippen LogP contribution in [0, 0.1) is 46.2 Å². The van der Waals surface area contributed by atoms with Crippen LogP contribution in [0.1, 0.15) is 40.3 Å². The summed E-state index contributed by atoms with van der Waals surface area (Å²) in [6.07, 6.45) is 1.75. The zero-order valence-corrected chi connectivity index (χ0v) is 24.5. The highest BCUT2D eigenvalue weighted by molar-refractivity contribution is 8.00. The zero-order valence-electron chi connectivity index (χ0n) is 23.7. The summed E-state index contributed by atoms with van der Waals surface area (Å²) < 4.78 is 97.7. The van der Waals surface area contributed by atoms with E-state index in [4.69, 9.17) is 14.7 Å². The number of ether oxygens (including phenoxy) is 2. The number of aromatic nitrogens is 3. The Morgan fingerprint density at radius 1 is 1.09 bits per heavy atom. The number of carbonyl (C=O) groups is 1. The Bertz CT molecular complexity index is 1750. The van der Waals surface area contributed by atoms with Gasteiger partial charge in [-0.2, -0.15) is 10.4 Å². The van der Waals surface area contributed by atoms with Crippen LogP contribution in [0.15, 0.2) is 55.1 Å². The van der Waals surface area contributed by atoms with E-state index < -0.39 is 69.2 Å². The summed E-state index contributed by atoms with van der Waals surface area (Å²) >= 11 is 1.26. The minimum atomic E-state index is -1.94. The number of rotatable bonds is 9. The molecule has 0 saturated carbocycles. The molecule has 0 aliphatic carbocycles. The number of nitrogens with zero attached hydrogens (tertiary/aromatic N) is 4. The van der Waals surface area contributed by atoms with Gasteiger partial charge in [-0.15, -0.1) is 11.8 Å². The first-order chi connectivity index (χ1) is 21.9. The lowest BCUT2D eigenvalue weighted by Gasteiger charge is -2.37. The van der Waals surface area contributed by atoms with Gasteiger partial charge in [0.15, 0.2) is 29.6 Å². The molecular weight excluding hydrogens is 640 g/mol. The van der Waals surface area contributed by atoms with Gasteiger partial charge in [-0.3, -0.25) is 4.79 Å². The molecule has 5 rings (SSSR count). The molecule has 16 heteroatoms. The zero-order chi connectivity index (χ0) is 33.2. The lowest BCUT2D eigenvalue weighted by molar-refractivity contribution is -0.180. The molecule has 1 amide bonds. The second kappa shape index (κ2) is 13.5.